The molecule has 0 aromatic heterocycles. The highest BCUT2D eigenvalue weighted by molar-refractivity contribution is 9.10. The zero-order valence-corrected chi connectivity index (χ0v) is 16.6. The van der Waals surface area contributed by atoms with Crippen LogP contribution in [-0.2, 0) is 4.74 Å². The lowest BCUT2D eigenvalue weighted by atomic mass is 10.2. The first-order valence-electron chi connectivity index (χ1n) is 7.69. The maximum absolute atomic E-state index is 12.5. The number of nitro groups is 1. The number of halogens is 1. The fourth-order valence-electron chi connectivity index (χ4n) is 2.04. The first-order valence-corrected chi connectivity index (χ1v) is 8.89. The SMILES string of the molecule is COCCOc1ccc(Br)cc1C(=O)NC(=S)Nc1ccc([N+](=O)[O-])cc1. The lowest BCUT2D eigenvalue weighted by molar-refractivity contribution is -0.384. The normalized spacial score (nSPS) is 10.1. The molecule has 0 spiro atoms. The molecule has 2 rings (SSSR count). The molecular formula is C17H16BrN3O5S. The topological polar surface area (TPSA) is 103 Å². The second-order valence-electron chi connectivity index (χ2n) is 5.19. The molecule has 8 nitrogen and oxygen atoms in total. The van der Waals surface area contributed by atoms with Crippen molar-refractivity contribution >= 4 is 50.5 Å². The molecule has 0 saturated heterocycles. The number of nitrogens with one attached hydrogen (secondary N) is 2. The Bertz CT molecular complexity index is 845. The van der Waals surface area contributed by atoms with Gasteiger partial charge in [-0.1, -0.05) is 15.9 Å². The van der Waals surface area contributed by atoms with E-state index in [0.717, 1.165) is 0 Å². The molecule has 0 aliphatic rings. The Morgan fingerprint density at radius 3 is 2.56 bits per heavy atom. The summed E-state index contributed by atoms with van der Waals surface area (Å²) in [6, 6.07) is 10.7. The standard InChI is InChI=1S/C17H16BrN3O5S/c1-25-8-9-26-15-7-2-11(18)10-14(15)16(22)20-17(27)19-12-3-5-13(6-4-12)21(23)24/h2-7,10H,8-9H2,1H3,(H2,19,20,22,27). The number of rotatable bonds is 7. The molecule has 2 aromatic rings. The number of hydrogen-bond donors (Lipinski definition) is 2. The maximum atomic E-state index is 12.5. The number of hydrogen-bond acceptors (Lipinski definition) is 6. The van der Waals surface area contributed by atoms with E-state index in [4.69, 9.17) is 21.7 Å². The van der Waals surface area contributed by atoms with Crippen LogP contribution in [0.15, 0.2) is 46.9 Å². The number of thiocarbonyl (C=S) groups is 1. The van der Waals surface area contributed by atoms with E-state index in [1.165, 1.54) is 24.3 Å². The van der Waals surface area contributed by atoms with Crippen molar-refractivity contribution in [3.8, 4) is 5.75 Å². The Balaban J connectivity index is 2.04. The summed E-state index contributed by atoms with van der Waals surface area (Å²) < 4.78 is 11.2. The predicted molar refractivity (Wildman–Crippen MR) is 108 cm³/mol. The molecule has 2 N–H and O–H groups in total. The van der Waals surface area contributed by atoms with Crippen molar-refractivity contribution in [2.45, 2.75) is 0 Å². The number of anilines is 1. The molecule has 0 aliphatic heterocycles. The fourth-order valence-corrected chi connectivity index (χ4v) is 2.61. The average Bonchev–Trinajstić information content (AvgIpc) is 2.63. The molecule has 0 radical (unpaired) electrons. The molecule has 0 fully saturated rings. The van der Waals surface area contributed by atoms with E-state index in [-0.39, 0.29) is 10.8 Å². The minimum Gasteiger partial charge on any atom is -0.490 e. The highest BCUT2D eigenvalue weighted by atomic mass is 79.9. The van der Waals surface area contributed by atoms with Gasteiger partial charge in [0, 0.05) is 29.4 Å². The first kappa shape index (κ1) is 20.7. The van der Waals surface area contributed by atoms with Gasteiger partial charge in [0.1, 0.15) is 12.4 Å². The zero-order chi connectivity index (χ0) is 19.8. The van der Waals surface area contributed by atoms with Crippen molar-refractivity contribution < 1.29 is 19.2 Å². The molecule has 27 heavy (non-hydrogen) atoms. The molecule has 0 aliphatic carbocycles. The van der Waals surface area contributed by atoms with E-state index >= 15 is 0 Å². The summed E-state index contributed by atoms with van der Waals surface area (Å²) in [6.45, 7) is 0.682. The van der Waals surface area contributed by atoms with E-state index in [0.29, 0.717) is 34.7 Å². The minimum atomic E-state index is -0.498. The van der Waals surface area contributed by atoms with Crippen LogP contribution in [0.1, 0.15) is 10.4 Å². The zero-order valence-electron chi connectivity index (χ0n) is 14.2. The summed E-state index contributed by atoms with van der Waals surface area (Å²) in [5.74, 6) is -0.0611. The third-order valence-corrected chi connectivity index (χ3v) is 3.99. The lowest BCUT2D eigenvalue weighted by Crippen LogP contribution is -2.34. The van der Waals surface area contributed by atoms with Crippen LogP contribution in [-0.4, -0.2) is 36.3 Å². The fraction of sp³-hybridized carbons (Fsp3) is 0.176. The lowest BCUT2D eigenvalue weighted by Gasteiger charge is -2.13. The second-order valence-corrected chi connectivity index (χ2v) is 6.52. The van der Waals surface area contributed by atoms with Crippen LogP contribution in [0.2, 0.25) is 0 Å². The number of nitrogens with zero attached hydrogens (tertiary/aromatic N) is 1. The number of non-ortho nitro benzene ring substituents is 1. The third kappa shape index (κ3) is 6.27. The summed E-state index contributed by atoms with van der Waals surface area (Å²) in [6.07, 6.45) is 0. The van der Waals surface area contributed by atoms with Crippen LogP contribution in [0, 0.1) is 10.1 Å². The molecule has 0 atom stereocenters. The molecule has 0 heterocycles. The molecule has 2 aromatic carbocycles. The predicted octanol–water partition coefficient (Wildman–Crippen LogP) is 3.51. The van der Waals surface area contributed by atoms with Crippen LogP contribution >= 0.6 is 28.1 Å². The number of carbonyl (C=O) groups is 1. The number of benzene rings is 2. The highest BCUT2D eigenvalue weighted by Crippen LogP contribution is 2.23. The summed E-state index contributed by atoms with van der Waals surface area (Å²) in [5.41, 5.74) is 0.771. The Morgan fingerprint density at radius 2 is 1.93 bits per heavy atom. The van der Waals surface area contributed by atoms with Gasteiger partial charge in [-0.25, -0.2) is 0 Å². The smallest absolute Gasteiger partial charge is 0.269 e. The number of amides is 1. The number of carbonyl (C=O) groups excluding carboxylic acids is 1. The van der Waals surface area contributed by atoms with Gasteiger partial charge < -0.3 is 14.8 Å². The van der Waals surface area contributed by atoms with Crippen LogP contribution < -0.4 is 15.4 Å². The molecule has 142 valence electrons. The van der Waals surface area contributed by atoms with Gasteiger partial charge in [0.2, 0.25) is 0 Å². The Labute approximate surface area is 169 Å². The largest absolute Gasteiger partial charge is 0.490 e. The monoisotopic (exact) mass is 453 g/mol. The van der Waals surface area contributed by atoms with Gasteiger partial charge in [-0.2, -0.15) is 0 Å². The summed E-state index contributed by atoms with van der Waals surface area (Å²) in [7, 11) is 1.56. The number of methoxy groups -OCH3 is 1. The van der Waals surface area contributed by atoms with E-state index in [9.17, 15) is 14.9 Å². The second kappa shape index (κ2) is 9.95. The van der Waals surface area contributed by atoms with Crippen molar-refractivity contribution in [1.29, 1.82) is 0 Å². The van der Waals surface area contributed by atoms with E-state index in [1.807, 2.05) is 0 Å². The van der Waals surface area contributed by atoms with Gasteiger partial charge in [-0.05, 0) is 42.5 Å². The van der Waals surface area contributed by atoms with Crippen molar-refractivity contribution in [3.63, 3.8) is 0 Å². The third-order valence-electron chi connectivity index (χ3n) is 3.29. The molecule has 1 amide bonds. The van der Waals surface area contributed by atoms with E-state index < -0.39 is 10.8 Å². The molecular weight excluding hydrogens is 438 g/mol. The number of ether oxygens (including phenoxy) is 2. The van der Waals surface area contributed by atoms with Crippen molar-refractivity contribution in [3.05, 3.63) is 62.6 Å². The maximum Gasteiger partial charge on any atom is 0.269 e. The molecule has 0 saturated carbocycles. The van der Waals surface area contributed by atoms with Crippen LogP contribution in [0.25, 0.3) is 0 Å². The molecule has 10 heteroatoms. The van der Waals surface area contributed by atoms with Gasteiger partial charge in [0.25, 0.3) is 11.6 Å². The van der Waals surface area contributed by atoms with Gasteiger partial charge in [-0.15, -0.1) is 0 Å². The Morgan fingerprint density at radius 1 is 1.22 bits per heavy atom. The van der Waals surface area contributed by atoms with Gasteiger partial charge in [0.15, 0.2) is 5.11 Å². The van der Waals surface area contributed by atoms with Crippen LogP contribution in [0.3, 0.4) is 0 Å². The average molecular weight is 454 g/mol. The van der Waals surface area contributed by atoms with Gasteiger partial charge in [-0.3, -0.25) is 20.2 Å². The molecule has 0 unspecified atom stereocenters. The summed E-state index contributed by atoms with van der Waals surface area (Å²) in [4.78, 5) is 22.7. The Kier molecular flexibility index (Phi) is 7.65. The van der Waals surface area contributed by atoms with Gasteiger partial charge in [0.05, 0.1) is 17.1 Å². The first-order chi connectivity index (χ1) is 12.9. The highest BCUT2D eigenvalue weighted by Gasteiger charge is 2.15. The van der Waals surface area contributed by atoms with Crippen molar-refractivity contribution in [2.75, 3.05) is 25.6 Å². The Hall–Kier alpha value is -2.56. The minimum absolute atomic E-state index is 0.0394. The van der Waals surface area contributed by atoms with Crippen LogP contribution in [0.4, 0.5) is 11.4 Å². The number of nitro benzene ring substituents is 1. The van der Waals surface area contributed by atoms with E-state index in [2.05, 4.69) is 26.6 Å². The molecule has 0 bridgehead atoms. The van der Waals surface area contributed by atoms with Crippen molar-refractivity contribution in [1.82, 2.24) is 5.32 Å². The summed E-state index contributed by atoms with van der Waals surface area (Å²) in [5, 5.41) is 16.1. The van der Waals surface area contributed by atoms with Crippen molar-refractivity contribution in [2.24, 2.45) is 0 Å². The van der Waals surface area contributed by atoms with Crippen LogP contribution in [0.5, 0.6) is 5.75 Å². The van der Waals surface area contributed by atoms with Gasteiger partial charge >= 0.3 is 0 Å². The quantitative estimate of drug-likeness (QED) is 0.286. The summed E-state index contributed by atoms with van der Waals surface area (Å²) >= 11 is 8.45. The van der Waals surface area contributed by atoms with E-state index in [1.54, 1.807) is 25.3 Å².